The van der Waals surface area contributed by atoms with Crippen molar-refractivity contribution >= 4 is 66.7 Å². The van der Waals surface area contributed by atoms with Crippen LogP contribution < -0.4 is 14.4 Å². The lowest BCUT2D eigenvalue weighted by Crippen LogP contribution is -2.53. The van der Waals surface area contributed by atoms with Gasteiger partial charge in [-0.3, -0.25) is 13.9 Å². The number of nitrogens with zero attached hydrogens (tertiary/aromatic N) is 2. The average molecular weight is 762 g/mol. The molecular formula is C35H36BrCl2N3O5S. The predicted molar refractivity (Wildman–Crippen MR) is 191 cm³/mol. The number of sulfonamides is 1. The topological polar surface area (TPSA) is 96.0 Å². The van der Waals surface area contributed by atoms with Crippen molar-refractivity contribution in [3.8, 4) is 5.75 Å². The smallest absolute Gasteiger partial charge is 0.264 e. The van der Waals surface area contributed by atoms with Crippen molar-refractivity contribution in [3.63, 3.8) is 0 Å². The number of ether oxygens (including phenoxy) is 1. The molecule has 0 saturated carbocycles. The normalized spacial score (nSPS) is 11.9. The Bertz CT molecular complexity index is 1760. The molecule has 0 radical (unpaired) electrons. The highest BCUT2D eigenvalue weighted by molar-refractivity contribution is 9.10. The molecule has 0 saturated heterocycles. The van der Waals surface area contributed by atoms with Gasteiger partial charge in [0, 0.05) is 24.0 Å². The van der Waals surface area contributed by atoms with E-state index in [0.29, 0.717) is 45.4 Å². The molecule has 1 N–H and O–H groups in total. The Labute approximate surface area is 294 Å². The Balaban J connectivity index is 1.81. The molecule has 2 amide bonds. The number of nitrogens with one attached hydrogen (secondary N) is 1. The van der Waals surface area contributed by atoms with Gasteiger partial charge in [0.25, 0.3) is 10.0 Å². The standard InChI is InChI=1S/C35H36BrCl2N3O5S/c1-3-20-39-35(43)33(22-25-8-6-5-7-9-25)40(23-26-10-19-31(37)32(38)21-26)34(42)24-41(28-13-15-29(16-14-28)46-4-2)47(44,45)30-17-11-27(36)12-18-30/h5-19,21,33H,3-4,20,22-24H2,1-2H3,(H,39,43)/t33-/m0/s1. The number of hydrogen-bond acceptors (Lipinski definition) is 5. The van der Waals surface area contributed by atoms with E-state index in [1.807, 2.05) is 44.2 Å². The van der Waals surface area contributed by atoms with Gasteiger partial charge in [0.1, 0.15) is 18.3 Å². The zero-order chi connectivity index (χ0) is 34.0. The number of amides is 2. The second-order valence-electron chi connectivity index (χ2n) is 10.7. The quantitative estimate of drug-likeness (QED) is 0.135. The minimum Gasteiger partial charge on any atom is -0.494 e. The molecule has 0 spiro atoms. The summed E-state index contributed by atoms with van der Waals surface area (Å²) in [6.45, 7) is 4.03. The molecule has 0 heterocycles. The minimum atomic E-state index is -4.24. The summed E-state index contributed by atoms with van der Waals surface area (Å²) in [5, 5.41) is 3.57. The molecule has 4 rings (SSSR count). The number of rotatable bonds is 15. The highest BCUT2D eigenvalue weighted by Crippen LogP contribution is 2.29. The fourth-order valence-electron chi connectivity index (χ4n) is 4.89. The summed E-state index contributed by atoms with van der Waals surface area (Å²) in [6.07, 6.45) is 0.896. The van der Waals surface area contributed by atoms with E-state index in [-0.39, 0.29) is 29.5 Å². The van der Waals surface area contributed by atoms with E-state index in [0.717, 1.165) is 9.87 Å². The molecule has 0 aliphatic heterocycles. The molecule has 0 aromatic heterocycles. The van der Waals surface area contributed by atoms with Gasteiger partial charge in [-0.2, -0.15) is 0 Å². The van der Waals surface area contributed by atoms with Crippen LogP contribution in [-0.2, 0) is 32.6 Å². The predicted octanol–water partition coefficient (Wildman–Crippen LogP) is 7.52. The maximum absolute atomic E-state index is 14.5. The fourth-order valence-corrected chi connectivity index (χ4v) is 6.89. The first kappa shape index (κ1) is 36.3. The zero-order valence-electron chi connectivity index (χ0n) is 26.0. The third kappa shape index (κ3) is 9.73. The van der Waals surface area contributed by atoms with Crippen molar-refractivity contribution in [3.05, 3.63) is 123 Å². The Hall–Kier alpha value is -3.57. The van der Waals surface area contributed by atoms with Gasteiger partial charge in [-0.15, -0.1) is 0 Å². The van der Waals surface area contributed by atoms with Crippen molar-refractivity contribution < 1.29 is 22.7 Å². The molecular weight excluding hydrogens is 725 g/mol. The summed E-state index contributed by atoms with van der Waals surface area (Å²) >= 11 is 15.9. The number of benzene rings is 4. The molecule has 1 atom stereocenters. The van der Waals surface area contributed by atoms with E-state index in [2.05, 4.69) is 21.2 Å². The highest BCUT2D eigenvalue weighted by atomic mass is 79.9. The van der Waals surface area contributed by atoms with Gasteiger partial charge in [0.15, 0.2) is 0 Å². The van der Waals surface area contributed by atoms with Crippen LogP contribution in [0.1, 0.15) is 31.4 Å². The number of halogens is 3. The van der Waals surface area contributed by atoms with Crippen LogP contribution in [-0.4, -0.2) is 50.9 Å². The van der Waals surface area contributed by atoms with Crippen LogP contribution >= 0.6 is 39.1 Å². The van der Waals surface area contributed by atoms with Crippen LogP contribution in [0.5, 0.6) is 5.75 Å². The molecule has 4 aromatic carbocycles. The second kappa shape index (κ2) is 17.0. The molecule has 248 valence electrons. The summed E-state index contributed by atoms with van der Waals surface area (Å²) in [4.78, 5) is 29.7. The summed E-state index contributed by atoms with van der Waals surface area (Å²) < 4.78 is 35.7. The molecule has 12 heteroatoms. The monoisotopic (exact) mass is 759 g/mol. The van der Waals surface area contributed by atoms with Crippen molar-refractivity contribution in [1.82, 2.24) is 10.2 Å². The van der Waals surface area contributed by atoms with Crippen LogP contribution in [0.2, 0.25) is 10.0 Å². The fraction of sp³-hybridized carbons (Fsp3) is 0.257. The van der Waals surface area contributed by atoms with Crippen molar-refractivity contribution in [2.45, 2.75) is 44.2 Å². The van der Waals surface area contributed by atoms with Gasteiger partial charge < -0.3 is 15.0 Å². The first-order valence-corrected chi connectivity index (χ1v) is 18.1. The van der Waals surface area contributed by atoms with Crippen molar-refractivity contribution in [2.75, 3.05) is 24.0 Å². The van der Waals surface area contributed by atoms with Crippen LogP contribution in [0.25, 0.3) is 0 Å². The van der Waals surface area contributed by atoms with Crippen LogP contribution in [0.3, 0.4) is 0 Å². The lowest BCUT2D eigenvalue weighted by molar-refractivity contribution is -0.140. The van der Waals surface area contributed by atoms with Crippen molar-refractivity contribution in [1.29, 1.82) is 0 Å². The van der Waals surface area contributed by atoms with Gasteiger partial charge in [-0.25, -0.2) is 8.42 Å². The molecule has 0 fully saturated rings. The molecule has 0 bridgehead atoms. The molecule has 8 nitrogen and oxygen atoms in total. The number of carbonyl (C=O) groups is 2. The maximum atomic E-state index is 14.5. The SMILES string of the molecule is CCCNC(=O)[C@H](Cc1ccccc1)N(Cc1ccc(Cl)c(Cl)c1)C(=O)CN(c1ccc(OCC)cc1)S(=O)(=O)c1ccc(Br)cc1. The van der Waals surface area contributed by atoms with Crippen LogP contribution in [0.4, 0.5) is 5.69 Å². The maximum Gasteiger partial charge on any atom is 0.264 e. The molecule has 47 heavy (non-hydrogen) atoms. The molecule has 0 aliphatic carbocycles. The van der Waals surface area contributed by atoms with Gasteiger partial charge in [0.2, 0.25) is 11.8 Å². The van der Waals surface area contributed by atoms with Gasteiger partial charge in [0.05, 0.1) is 27.2 Å². The average Bonchev–Trinajstić information content (AvgIpc) is 3.06. The minimum absolute atomic E-state index is 0.0000535. The zero-order valence-corrected chi connectivity index (χ0v) is 29.9. The molecule has 4 aromatic rings. The lowest BCUT2D eigenvalue weighted by atomic mass is 10.0. The van der Waals surface area contributed by atoms with Gasteiger partial charge in [-0.1, -0.05) is 82.5 Å². The van der Waals surface area contributed by atoms with Crippen LogP contribution in [0.15, 0.2) is 106 Å². The third-order valence-electron chi connectivity index (χ3n) is 7.27. The summed E-state index contributed by atoms with van der Waals surface area (Å²) in [5.74, 6) is -0.383. The van der Waals surface area contributed by atoms with E-state index < -0.39 is 28.5 Å². The molecule has 0 unspecified atom stereocenters. The van der Waals surface area contributed by atoms with Gasteiger partial charge >= 0.3 is 0 Å². The van der Waals surface area contributed by atoms with E-state index in [4.69, 9.17) is 27.9 Å². The summed E-state index contributed by atoms with van der Waals surface area (Å²) in [5.41, 5.74) is 1.72. The first-order valence-electron chi connectivity index (χ1n) is 15.1. The van der Waals surface area contributed by atoms with Crippen LogP contribution in [0, 0.1) is 0 Å². The Kier molecular flexibility index (Phi) is 13.1. The Morgan fingerprint density at radius 1 is 0.872 bits per heavy atom. The molecule has 0 aliphatic rings. The number of hydrogen-bond donors (Lipinski definition) is 1. The largest absolute Gasteiger partial charge is 0.494 e. The first-order chi connectivity index (χ1) is 22.5. The van der Waals surface area contributed by atoms with Gasteiger partial charge in [-0.05, 0) is 85.1 Å². The van der Waals surface area contributed by atoms with E-state index in [1.165, 1.54) is 17.0 Å². The summed E-state index contributed by atoms with van der Waals surface area (Å²) in [7, 11) is -4.24. The van der Waals surface area contributed by atoms with E-state index in [1.54, 1.807) is 54.6 Å². The number of anilines is 1. The van der Waals surface area contributed by atoms with E-state index in [9.17, 15) is 18.0 Å². The summed E-state index contributed by atoms with van der Waals surface area (Å²) in [6, 6.07) is 26.0. The lowest BCUT2D eigenvalue weighted by Gasteiger charge is -2.34. The highest BCUT2D eigenvalue weighted by Gasteiger charge is 2.34. The van der Waals surface area contributed by atoms with E-state index >= 15 is 0 Å². The Morgan fingerprint density at radius 2 is 1.55 bits per heavy atom. The Morgan fingerprint density at radius 3 is 2.17 bits per heavy atom. The number of carbonyl (C=O) groups excluding carboxylic acids is 2. The van der Waals surface area contributed by atoms with Crippen molar-refractivity contribution in [2.24, 2.45) is 0 Å². The second-order valence-corrected chi connectivity index (χ2v) is 14.3. The third-order valence-corrected chi connectivity index (χ3v) is 10.3.